The Labute approximate surface area is 169 Å². The molecule has 1 aromatic carbocycles. The summed E-state index contributed by atoms with van der Waals surface area (Å²) in [6.45, 7) is 7.03. The zero-order chi connectivity index (χ0) is 20.3. The van der Waals surface area contributed by atoms with Crippen LogP contribution in [0.5, 0.6) is 5.75 Å². The summed E-state index contributed by atoms with van der Waals surface area (Å²) in [5.74, 6) is 0.454. The highest BCUT2D eigenvalue weighted by Gasteiger charge is 2.34. The molecule has 150 valence electrons. The number of hydrogen-bond donors (Lipinski definition) is 0. The molecule has 0 saturated carbocycles. The standard InChI is InChI=1S/C21H26N2O4S/c1-13(2)27-16-7-5-15(6-8-16)19-22-18(12-28-19)20(24)23-10-9-17(14(3)11-23)21(25)26-4/h5-8,12-14,17H,9-11H2,1-4H3/t14-,17-/m0/s1. The van der Waals surface area contributed by atoms with E-state index in [-0.39, 0.29) is 29.8 Å². The van der Waals surface area contributed by atoms with Crippen molar-refractivity contribution in [2.24, 2.45) is 11.8 Å². The minimum absolute atomic E-state index is 0.0664. The third kappa shape index (κ3) is 4.52. The lowest BCUT2D eigenvalue weighted by Gasteiger charge is -2.35. The van der Waals surface area contributed by atoms with Crippen LogP contribution in [-0.2, 0) is 9.53 Å². The predicted molar refractivity (Wildman–Crippen MR) is 109 cm³/mol. The Balaban J connectivity index is 1.67. The number of piperidine rings is 1. The van der Waals surface area contributed by atoms with E-state index in [0.29, 0.717) is 25.2 Å². The van der Waals surface area contributed by atoms with Gasteiger partial charge in [-0.1, -0.05) is 6.92 Å². The van der Waals surface area contributed by atoms with Gasteiger partial charge < -0.3 is 14.4 Å². The van der Waals surface area contributed by atoms with Crippen molar-refractivity contribution in [2.75, 3.05) is 20.2 Å². The van der Waals surface area contributed by atoms with E-state index >= 15 is 0 Å². The minimum atomic E-state index is -0.194. The van der Waals surface area contributed by atoms with Crippen LogP contribution in [0.25, 0.3) is 10.6 Å². The fourth-order valence-corrected chi connectivity index (χ4v) is 4.25. The lowest BCUT2D eigenvalue weighted by atomic mass is 9.87. The molecule has 1 aromatic heterocycles. The number of carbonyl (C=O) groups excluding carboxylic acids is 2. The number of rotatable bonds is 5. The smallest absolute Gasteiger partial charge is 0.309 e. The van der Waals surface area contributed by atoms with Gasteiger partial charge in [0.05, 0.1) is 19.1 Å². The number of aromatic nitrogens is 1. The van der Waals surface area contributed by atoms with Crippen molar-refractivity contribution in [1.82, 2.24) is 9.88 Å². The number of nitrogens with zero attached hydrogens (tertiary/aromatic N) is 2. The van der Waals surface area contributed by atoms with E-state index in [9.17, 15) is 9.59 Å². The number of hydrogen-bond acceptors (Lipinski definition) is 6. The first kappa shape index (κ1) is 20.3. The fraction of sp³-hybridized carbons (Fsp3) is 0.476. The second kappa shape index (κ2) is 8.73. The zero-order valence-electron chi connectivity index (χ0n) is 16.7. The van der Waals surface area contributed by atoms with E-state index in [1.807, 2.05) is 45.0 Å². The molecular weight excluding hydrogens is 376 g/mol. The van der Waals surface area contributed by atoms with E-state index in [1.165, 1.54) is 18.4 Å². The molecule has 2 atom stereocenters. The van der Waals surface area contributed by atoms with Crippen molar-refractivity contribution < 1.29 is 19.1 Å². The van der Waals surface area contributed by atoms with Crippen LogP contribution in [-0.4, -0.2) is 48.1 Å². The first-order valence-corrected chi connectivity index (χ1v) is 10.4. The third-order valence-corrected chi connectivity index (χ3v) is 5.78. The molecule has 28 heavy (non-hydrogen) atoms. The molecule has 1 amide bonds. The first-order valence-electron chi connectivity index (χ1n) is 9.48. The monoisotopic (exact) mass is 402 g/mol. The quantitative estimate of drug-likeness (QED) is 0.710. The predicted octanol–water partition coefficient (Wildman–Crippen LogP) is 3.87. The second-order valence-corrected chi connectivity index (χ2v) is 8.23. The molecule has 0 radical (unpaired) electrons. The van der Waals surface area contributed by atoms with Gasteiger partial charge in [-0.25, -0.2) is 4.98 Å². The van der Waals surface area contributed by atoms with Crippen molar-refractivity contribution in [3.8, 4) is 16.3 Å². The largest absolute Gasteiger partial charge is 0.491 e. The molecule has 1 saturated heterocycles. The van der Waals surface area contributed by atoms with Crippen molar-refractivity contribution in [3.05, 3.63) is 35.3 Å². The molecule has 0 unspecified atom stereocenters. The van der Waals surface area contributed by atoms with Crippen LogP contribution in [0, 0.1) is 11.8 Å². The summed E-state index contributed by atoms with van der Waals surface area (Å²) in [5, 5.41) is 2.60. The maximum Gasteiger partial charge on any atom is 0.309 e. The van der Waals surface area contributed by atoms with Crippen LogP contribution < -0.4 is 4.74 Å². The van der Waals surface area contributed by atoms with Crippen molar-refractivity contribution in [1.29, 1.82) is 0 Å². The Morgan fingerprint density at radius 3 is 2.57 bits per heavy atom. The van der Waals surface area contributed by atoms with Gasteiger partial charge in [0.2, 0.25) is 0 Å². The molecule has 1 aliphatic heterocycles. The summed E-state index contributed by atoms with van der Waals surface area (Å²) < 4.78 is 10.5. The number of thiazole rings is 1. The highest BCUT2D eigenvalue weighted by atomic mass is 32.1. The maximum absolute atomic E-state index is 12.8. The number of carbonyl (C=O) groups is 2. The van der Waals surface area contributed by atoms with E-state index in [1.54, 1.807) is 10.3 Å². The molecule has 0 N–H and O–H groups in total. The summed E-state index contributed by atoms with van der Waals surface area (Å²) in [6.07, 6.45) is 0.745. The molecule has 3 rings (SSSR count). The maximum atomic E-state index is 12.8. The average molecular weight is 403 g/mol. The highest BCUT2D eigenvalue weighted by molar-refractivity contribution is 7.13. The highest BCUT2D eigenvalue weighted by Crippen LogP contribution is 2.29. The summed E-state index contributed by atoms with van der Waals surface area (Å²) in [6, 6.07) is 7.73. The minimum Gasteiger partial charge on any atom is -0.491 e. The Morgan fingerprint density at radius 2 is 1.96 bits per heavy atom. The van der Waals surface area contributed by atoms with Crippen LogP contribution >= 0.6 is 11.3 Å². The van der Waals surface area contributed by atoms with Gasteiger partial charge in [-0.15, -0.1) is 11.3 Å². The molecule has 2 heterocycles. The van der Waals surface area contributed by atoms with Gasteiger partial charge in [0, 0.05) is 24.0 Å². The molecule has 7 heteroatoms. The Bertz CT molecular complexity index is 831. The summed E-state index contributed by atoms with van der Waals surface area (Å²) in [5.41, 5.74) is 1.41. The molecule has 1 fully saturated rings. The summed E-state index contributed by atoms with van der Waals surface area (Å²) in [4.78, 5) is 31.0. The Kier molecular flexibility index (Phi) is 6.34. The van der Waals surface area contributed by atoms with Crippen LogP contribution in [0.1, 0.15) is 37.7 Å². The van der Waals surface area contributed by atoms with E-state index in [0.717, 1.165) is 16.3 Å². The van der Waals surface area contributed by atoms with Gasteiger partial charge in [-0.05, 0) is 50.5 Å². The lowest BCUT2D eigenvalue weighted by Crippen LogP contribution is -2.45. The van der Waals surface area contributed by atoms with Gasteiger partial charge in [-0.2, -0.15) is 0 Å². The van der Waals surface area contributed by atoms with Gasteiger partial charge in [0.25, 0.3) is 5.91 Å². The molecular formula is C21H26N2O4S. The third-order valence-electron chi connectivity index (χ3n) is 4.89. The number of methoxy groups -OCH3 is 1. The van der Waals surface area contributed by atoms with Gasteiger partial charge >= 0.3 is 5.97 Å². The Hall–Kier alpha value is -2.41. The van der Waals surface area contributed by atoms with Crippen molar-refractivity contribution in [3.63, 3.8) is 0 Å². The van der Waals surface area contributed by atoms with Gasteiger partial charge in [-0.3, -0.25) is 9.59 Å². The number of ether oxygens (including phenoxy) is 2. The fourth-order valence-electron chi connectivity index (χ4n) is 3.45. The molecule has 0 aliphatic carbocycles. The molecule has 6 nitrogen and oxygen atoms in total. The van der Waals surface area contributed by atoms with Crippen LogP contribution in [0.15, 0.2) is 29.6 Å². The number of esters is 1. The van der Waals surface area contributed by atoms with Crippen LogP contribution in [0.3, 0.4) is 0 Å². The van der Waals surface area contributed by atoms with Gasteiger partial charge in [0.15, 0.2) is 0 Å². The summed E-state index contributed by atoms with van der Waals surface area (Å²) in [7, 11) is 1.41. The lowest BCUT2D eigenvalue weighted by molar-refractivity contribution is -0.148. The molecule has 0 bridgehead atoms. The summed E-state index contributed by atoms with van der Waals surface area (Å²) >= 11 is 1.45. The van der Waals surface area contributed by atoms with Crippen LogP contribution in [0.2, 0.25) is 0 Å². The van der Waals surface area contributed by atoms with E-state index in [2.05, 4.69) is 4.98 Å². The van der Waals surface area contributed by atoms with Crippen LogP contribution in [0.4, 0.5) is 0 Å². The SMILES string of the molecule is COC(=O)[C@H]1CCN(C(=O)c2csc(-c3ccc(OC(C)C)cc3)n2)C[C@@H]1C. The van der Waals surface area contributed by atoms with Crippen molar-refractivity contribution >= 4 is 23.2 Å². The van der Waals surface area contributed by atoms with Crippen molar-refractivity contribution in [2.45, 2.75) is 33.3 Å². The second-order valence-electron chi connectivity index (χ2n) is 7.38. The number of likely N-dealkylation sites (tertiary alicyclic amines) is 1. The molecule has 2 aromatic rings. The van der Waals surface area contributed by atoms with E-state index < -0.39 is 0 Å². The zero-order valence-corrected chi connectivity index (χ0v) is 17.5. The Morgan fingerprint density at radius 1 is 1.25 bits per heavy atom. The van der Waals surface area contributed by atoms with E-state index in [4.69, 9.17) is 9.47 Å². The number of amides is 1. The normalized spacial score (nSPS) is 19.5. The topological polar surface area (TPSA) is 68.7 Å². The molecule has 1 aliphatic rings. The molecule has 0 spiro atoms. The first-order chi connectivity index (χ1) is 13.4. The number of benzene rings is 1. The van der Waals surface area contributed by atoms with Gasteiger partial charge in [0.1, 0.15) is 16.5 Å². The average Bonchev–Trinajstić information content (AvgIpc) is 3.17.